The molecule has 4 heteroatoms. The lowest BCUT2D eigenvalue weighted by Gasteiger charge is -2.10. The molecule has 0 saturated heterocycles. The number of aromatic nitrogens is 3. The maximum atomic E-state index is 4.04. The number of rotatable bonds is 6. The van der Waals surface area contributed by atoms with E-state index >= 15 is 0 Å². The normalized spacial score (nSPS) is 12.8. The van der Waals surface area contributed by atoms with Gasteiger partial charge in [-0.15, -0.1) is 0 Å². The van der Waals surface area contributed by atoms with E-state index in [9.17, 15) is 0 Å². The van der Waals surface area contributed by atoms with Crippen molar-refractivity contribution in [1.82, 2.24) is 19.4 Å². The molecule has 1 N–H and O–H groups in total. The van der Waals surface area contributed by atoms with Crippen LogP contribution in [0, 0.1) is 0 Å². The Labute approximate surface area is 102 Å². The van der Waals surface area contributed by atoms with Crippen LogP contribution in [-0.4, -0.2) is 20.7 Å². The molecule has 1 unspecified atom stereocenters. The van der Waals surface area contributed by atoms with E-state index in [-0.39, 0.29) is 0 Å². The molecule has 4 nitrogen and oxygen atoms in total. The minimum atomic E-state index is 0.425. The van der Waals surface area contributed by atoms with E-state index in [0.717, 1.165) is 19.6 Å². The van der Waals surface area contributed by atoms with Crippen molar-refractivity contribution in [2.75, 3.05) is 6.54 Å². The van der Waals surface area contributed by atoms with Crippen LogP contribution in [0.3, 0.4) is 0 Å². The molecule has 2 aromatic heterocycles. The van der Waals surface area contributed by atoms with Gasteiger partial charge in [-0.05, 0) is 25.1 Å². The summed E-state index contributed by atoms with van der Waals surface area (Å²) in [6.07, 6.45) is 10.0. The highest BCUT2D eigenvalue weighted by atomic mass is 15.1. The number of imidazole rings is 1. The topological polar surface area (TPSA) is 34.8 Å². The van der Waals surface area contributed by atoms with Gasteiger partial charge < -0.3 is 14.5 Å². The Morgan fingerprint density at radius 2 is 2.12 bits per heavy atom. The van der Waals surface area contributed by atoms with Crippen molar-refractivity contribution in [3.05, 3.63) is 42.7 Å². The summed E-state index contributed by atoms with van der Waals surface area (Å²) in [4.78, 5) is 4.04. The molecule has 0 aliphatic carbocycles. The smallest absolute Gasteiger partial charge is 0.0946 e. The van der Waals surface area contributed by atoms with Gasteiger partial charge in [0.25, 0.3) is 0 Å². The molecule has 0 aliphatic heterocycles. The fourth-order valence-corrected chi connectivity index (χ4v) is 1.93. The summed E-state index contributed by atoms with van der Waals surface area (Å²) in [6.45, 7) is 7.27. The van der Waals surface area contributed by atoms with Gasteiger partial charge in [0.05, 0.1) is 6.33 Å². The van der Waals surface area contributed by atoms with E-state index in [1.165, 1.54) is 5.56 Å². The zero-order valence-electron chi connectivity index (χ0n) is 10.5. The average Bonchev–Trinajstić information content (AvgIpc) is 2.98. The highest BCUT2D eigenvalue weighted by Crippen LogP contribution is 2.12. The molecule has 92 valence electrons. The number of hydrogen-bond acceptors (Lipinski definition) is 2. The molecular formula is C13H20N4. The first-order chi connectivity index (χ1) is 8.29. The molecule has 0 saturated carbocycles. The molecular weight excluding hydrogens is 212 g/mol. The third-order valence-electron chi connectivity index (χ3n) is 2.96. The second kappa shape index (κ2) is 5.68. The summed E-state index contributed by atoms with van der Waals surface area (Å²) in [6, 6.07) is 2.61. The summed E-state index contributed by atoms with van der Waals surface area (Å²) < 4.78 is 4.32. The average molecular weight is 232 g/mol. The zero-order chi connectivity index (χ0) is 12.1. The summed E-state index contributed by atoms with van der Waals surface area (Å²) in [5.74, 6) is 0. The Kier molecular flexibility index (Phi) is 3.98. The minimum absolute atomic E-state index is 0.425. The number of hydrogen-bond donors (Lipinski definition) is 1. The van der Waals surface area contributed by atoms with Gasteiger partial charge in [0.1, 0.15) is 0 Å². The van der Waals surface area contributed by atoms with E-state index in [2.05, 4.69) is 51.7 Å². The second-order valence-corrected chi connectivity index (χ2v) is 4.26. The Balaban J connectivity index is 1.89. The van der Waals surface area contributed by atoms with E-state index in [4.69, 9.17) is 0 Å². The first kappa shape index (κ1) is 11.9. The molecule has 2 rings (SSSR count). The maximum absolute atomic E-state index is 4.04. The van der Waals surface area contributed by atoms with Crippen LogP contribution < -0.4 is 5.32 Å². The van der Waals surface area contributed by atoms with Crippen LogP contribution in [0.25, 0.3) is 0 Å². The molecule has 0 bridgehead atoms. The third kappa shape index (κ3) is 3.20. The lowest BCUT2D eigenvalue weighted by molar-refractivity contribution is 0.570. The zero-order valence-corrected chi connectivity index (χ0v) is 10.5. The van der Waals surface area contributed by atoms with Crippen molar-refractivity contribution < 1.29 is 0 Å². The van der Waals surface area contributed by atoms with E-state index < -0.39 is 0 Å². The standard InChI is InChI=1S/C13H20N4/c1-3-15-12(2)13-4-6-16(10-13)8-9-17-7-5-14-11-17/h4-7,10-12,15H,3,8-9H2,1-2H3. The monoisotopic (exact) mass is 232 g/mol. The predicted octanol–water partition coefficient (Wildman–Crippen LogP) is 2.06. The Hall–Kier alpha value is -1.55. The van der Waals surface area contributed by atoms with Gasteiger partial charge in [0, 0.05) is 43.9 Å². The highest BCUT2D eigenvalue weighted by molar-refractivity contribution is 5.14. The third-order valence-corrected chi connectivity index (χ3v) is 2.96. The van der Waals surface area contributed by atoms with Gasteiger partial charge in [0.2, 0.25) is 0 Å². The fourth-order valence-electron chi connectivity index (χ4n) is 1.93. The SMILES string of the molecule is CCNC(C)c1ccn(CCn2ccnc2)c1. The van der Waals surface area contributed by atoms with Gasteiger partial charge in [-0.2, -0.15) is 0 Å². The molecule has 0 aliphatic rings. The summed E-state index contributed by atoms with van der Waals surface area (Å²) in [5.41, 5.74) is 1.34. The molecule has 0 amide bonds. The van der Waals surface area contributed by atoms with Crippen LogP contribution in [0.1, 0.15) is 25.5 Å². The molecule has 0 spiro atoms. The lowest BCUT2D eigenvalue weighted by Crippen LogP contribution is -2.17. The van der Waals surface area contributed by atoms with Crippen LogP contribution in [-0.2, 0) is 13.1 Å². The number of nitrogens with one attached hydrogen (secondary N) is 1. The molecule has 2 heterocycles. The van der Waals surface area contributed by atoms with Gasteiger partial charge in [-0.25, -0.2) is 4.98 Å². The van der Waals surface area contributed by atoms with Crippen molar-refractivity contribution in [3.8, 4) is 0 Å². The van der Waals surface area contributed by atoms with E-state index in [1.54, 1.807) is 0 Å². The van der Waals surface area contributed by atoms with Crippen molar-refractivity contribution in [2.24, 2.45) is 0 Å². The Bertz CT molecular complexity index is 430. The molecule has 0 radical (unpaired) electrons. The highest BCUT2D eigenvalue weighted by Gasteiger charge is 2.04. The molecule has 17 heavy (non-hydrogen) atoms. The van der Waals surface area contributed by atoms with E-state index in [1.807, 2.05) is 18.7 Å². The van der Waals surface area contributed by atoms with Crippen molar-refractivity contribution >= 4 is 0 Å². The maximum Gasteiger partial charge on any atom is 0.0946 e. The van der Waals surface area contributed by atoms with Crippen LogP contribution >= 0.6 is 0 Å². The van der Waals surface area contributed by atoms with Gasteiger partial charge in [-0.1, -0.05) is 6.92 Å². The minimum Gasteiger partial charge on any atom is -0.352 e. The molecule has 0 aromatic carbocycles. The van der Waals surface area contributed by atoms with Gasteiger partial charge >= 0.3 is 0 Å². The van der Waals surface area contributed by atoms with Crippen LogP contribution in [0.15, 0.2) is 37.2 Å². The first-order valence-corrected chi connectivity index (χ1v) is 6.14. The Morgan fingerprint density at radius 1 is 1.29 bits per heavy atom. The van der Waals surface area contributed by atoms with Crippen LogP contribution in [0.2, 0.25) is 0 Å². The summed E-state index contributed by atoms with van der Waals surface area (Å²) >= 11 is 0. The summed E-state index contributed by atoms with van der Waals surface area (Å²) in [7, 11) is 0. The fraction of sp³-hybridized carbons (Fsp3) is 0.462. The largest absolute Gasteiger partial charge is 0.352 e. The number of aryl methyl sites for hydroxylation is 2. The van der Waals surface area contributed by atoms with Gasteiger partial charge in [-0.3, -0.25) is 0 Å². The predicted molar refractivity (Wildman–Crippen MR) is 68.8 cm³/mol. The van der Waals surface area contributed by atoms with Crippen molar-refractivity contribution in [2.45, 2.75) is 33.0 Å². The summed E-state index contributed by atoms with van der Waals surface area (Å²) in [5, 5.41) is 3.42. The Morgan fingerprint density at radius 3 is 2.82 bits per heavy atom. The van der Waals surface area contributed by atoms with Crippen LogP contribution in [0.4, 0.5) is 0 Å². The van der Waals surface area contributed by atoms with E-state index in [0.29, 0.717) is 6.04 Å². The molecule has 1 atom stereocenters. The van der Waals surface area contributed by atoms with Crippen molar-refractivity contribution in [3.63, 3.8) is 0 Å². The van der Waals surface area contributed by atoms with Crippen molar-refractivity contribution in [1.29, 1.82) is 0 Å². The lowest BCUT2D eigenvalue weighted by atomic mass is 10.2. The molecule has 0 fully saturated rings. The second-order valence-electron chi connectivity index (χ2n) is 4.26. The van der Waals surface area contributed by atoms with Gasteiger partial charge in [0.15, 0.2) is 0 Å². The van der Waals surface area contributed by atoms with Crippen LogP contribution in [0.5, 0.6) is 0 Å². The molecule has 2 aromatic rings. The number of nitrogens with zero attached hydrogens (tertiary/aromatic N) is 3. The quantitative estimate of drug-likeness (QED) is 0.827. The first-order valence-electron chi connectivity index (χ1n) is 6.14.